The SMILES string of the molecule is COc1ccc(NC(=O)C[C@H]2C(=O)Nc3ncnn32)c(OC)c1. The highest BCUT2D eigenvalue weighted by molar-refractivity contribution is 6.01. The lowest BCUT2D eigenvalue weighted by Crippen LogP contribution is -2.23. The van der Waals surface area contributed by atoms with Gasteiger partial charge in [0.25, 0.3) is 5.91 Å². The minimum absolute atomic E-state index is 0.0582. The number of anilines is 2. The van der Waals surface area contributed by atoms with Crippen LogP contribution in [-0.2, 0) is 9.59 Å². The molecule has 1 atom stereocenters. The summed E-state index contributed by atoms with van der Waals surface area (Å²) in [6.07, 6.45) is 1.27. The largest absolute Gasteiger partial charge is 0.497 e. The summed E-state index contributed by atoms with van der Waals surface area (Å²) in [7, 11) is 3.04. The Morgan fingerprint density at radius 2 is 2.22 bits per heavy atom. The van der Waals surface area contributed by atoms with Crippen LogP contribution in [0.1, 0.15) is 12.5 Å². The number of hydrogen-bond acceptors (Lipinski definition) is 6. The summed E-state index contributed by atoms with van der Waals surface area (Å²) in [5, 5.41) is 9.23. The van der Waals surface area contributed by atoms with E-state index in [0.717, 1.165) is 0 Å². The fourth-order valence-corrected chi connectivity index (χ4v) is 2.33. The van der Waals surface area contributed by atoms with Crippen LogP contribution in [0.15, 0.2) is 24.5 Å². The van der Waals surface area contributed by atoms with Crippen molar-refractivity contribution in [3.8, 4) is 11.5 Å². The fraction of sp³-hybridized carbons (Fsp3) is 0.286. The van der Waals surface area contributed by atoms with Gasteiger partial charge in [-0.2, -0.15) is 10.1 Å². The van der Waals surface area contributed by atoms with Gasteiger partial charge in [0.15, 0.2) is 0 Å². The minimum atomic E-state index is -0.711. The molecule has 9 heteroatoms. The van der Waals surface area contributed by atoms with E-state index >= 15 is 0 Å². The van der Waals surface area contributed by atoms with Crippen molar-refractivity contribution in [1.29, 1.82) is 0 Å². The first kappa shape index (κ1) is 14.8. The normalized spacial score (nSPS) is 15.7. The lowest BCUT2D eigenvalue weighted by Gasteiger charge is -2.13. The van der Waals surface area contributed by atoms with Crippen LogP contribution in [0.25, 0.3) is 0 Å². The molecule has 0 saturated carbocycles. The third-order valence-corrected chi connectivity index (χ3v) is 3.47. The third kappa shape index (κ3) is 2.80. The van der Waals surface area contributed by atoms with Crippen molar-refractivity contribution in [2.75, 3.05) is 24.9 Å². The first-order valence-corrected chi connectivity index (χ1v) is 6.84. The molecule has 0 saturated heterocycles. The molecule has 1 aliphatic rings. The molecule has 0 radical (unpaired) electrons. The Kier molecular flexibility index (Phi) is 3.83. The summed E-state index contributed by atoms with van der Waals surface area (Å²) >= 11 is 0. The lowest BCUT2D eigenvalue weighted by molar-refractivity contribution is -0.123. The lowest BCUT2D eigenvalue weighted by atomic mass is 10.2. The van der Waals surface area contributed by atoms with Gasteiger partial charge in [-0.05, 0) is 12.1 Å². The van der Waals surface area contributed by atoms with Gasteiger partial charge in [0.1, 0.15) is 23.9 Å². The number of carbonyl (C=O) groups excluding carboxylic acids is 2. The average molecular weight is 317 g/mol. The Hall–Kier alpha value is -3.10. The fourth-order valence-electron chi connectivity index (χ4n) is 2.33. The summed E-state index contributed by atoms with van der Waals surface area (Å²) in [5.74, 6) is 0.779. The number of aromatic nitrogens is 3. The second-order valence-corrected chi connectivity index (χ2v) is 4.85. The van der Waals surface area contributed by atoms with Crippen molar-refractivity contribution in [2.45, 2.75) is 12.5 Å². The van der Waals surface area contributed by atoms with Gasteiger partial charge in [-0.25, -0.2) is 4.68 Å². The highest BCUT2D eigenvalue weighted by Gasteiger charge is 2.33. The van der Waals surface area contributed by atoms with Crippen LogP contribution in [0.3, 0.4) is 0 Å². The molecule has 2 aromatic rings. The molecule has 0 fully saturated rings. The third-order valence-electron chi connectivity index (χ3n) is 3.47. The molecule has 1 aromatic carbocycles. The number of amides is 2. The highest BCUT2D eigenvalue weighted by atomic mass is 16.5. The Bertz CT molecular complexity index is 757. The smallest absolute Gasteiger partial charge is 0.252 e. The van der Waals surface area contributed by atoms with Crippen LogP contribution >= 0.6 is 0 Å². The van der Waals surface area contributed by atoms with Crippen molar-refractivity contribution in [3.63, 3.8) is 0 Å². The van der Waals surface area contributed by atoms with Crippen LogP contribution in [0.4, 0.5) is 11.6 Å². The van der Waals surface area contributed by atoms with E-state index in [1.807, 2.05) is 0 Å². The van der Waals surface area contributed by atoms with E-state index in [1.165, 1.54) is 18.1 Å². The van der Waals surface area contributed by atoms with Crippen molar-refractivity contribution < 1.29 is 19.1 Å². The number of benzene rings is 1. The van der Waals surface area contributed by atoms with Gasteiger partial charge in [-0.15, -0.1) is 0 Å². The van der Waals surface area contributed by atoms with Gasteiger partial charge in [0.05, 0.1) is 26.3 Å². The monoisotopic (exact) mass is 317 g/mol. The van der Waals surface area contributed by atoms with E-state index in [4.69, 9.17) is 9.47 Å². The van der Waals surface area contributed by atoms with Crippen molar-refractivity contribution in [1.82, 2.24) is 14.8 Å². The van der Waals surface area contributed by atoms with Gasteiger partial charge in [0, 0.05) is 6.07 Å². The molecule has 2 heterocycles. The molecule has 23 heavy (non-hydrogen) atoms. The first-order valence-electron chi connectivity index (χ1n) is 6.84. The van der Waals surface area contributed by atoms with Gasteiger partial charge < -0.3 is 14.8 Å². The molecule has 0 bridgehead atoms. The zero-order valence-electron chi connectivity index (χ0n) is 12.6. The summed E-state index contributed by atoms with van der Waals surface area (Å²) in [5.41, 5.74) is 0.496. The number of hydrogen-bond donors (Lipinski definition) is 2. The van der Waals surface area contributed by atoms with Gasteiger partial charge >= 0.3 is 0 Å². The predicted molar refractivity (Wildman–Crippen MR) is 80.5 cm³/mol. The first-order chi connectivity index (χ1) is 11.1. The molecule has 9 nitrogen and oxygen atoms in total. The minimum Gasteiger partial charge on any atom is -0.497 e. The van der Waals surface area contributed by atoms with E-state index in [0.29, 0.717) is 23.1 Å². The molecule has 2 amide bonds. The van der Waals surface area contributed by atoms with Crippen molar-refractivity contribution >= 4 is 23.5 Å². The summed E-state index contributed by atoms with van der Waals surface area (Å²) < 4.78 is 11.7. The number of fused-ring (bicyclic) bond motifs is 1. The van der Waals surface area contributed by atoms with Gasteiger partial charge in [0.2, 0.25) is 11.9 Å². The molecule has 3 rings (SSSR count). The number of nitrogens with one attached hydrogen (secondary N) is 2. The average Bonchev–Trinajstić information content (AvgIpc) is 3.10. The molecule has 0 unspecified atom stereocenters. The van der Waals surface area contributed by atoms with Crippen LogP contribution in [0, 0.1) is 0 Å². The van der Waals surface area contributed by atoms with E-state index in [1.54, 1.807) is 25.3 Å². The van der Waals surface area contributed by atoms with Crippen LogP contribution in [0.2, 0.25) is 0 Å². The standard InChI is InChI=1S/C14H15N5O4/c1-22-8-3-4-9(11(5-8)23-2)17-12(20)6-10-13(21)18-14-15-7-16-19(10)14/h3-5,7,10H,6H2,1-2H3,(H,17,20)(H,15,16,18,21)/t10-/m0/s1. The Labute approximate surface area is 131 Å². The number of nitrogens with zero attached hydrogens (tertiary/aromatic N) is 3. The molecule has 120 valence electrons. The highest BCUT2D eigenvalue weighted by Crippen LogP contribution is 2.30. The molecule has 0 aliphatic carbocycles. The van der Waals surface area contributed by atoms with E-state index < -0.39 is 6.04 Å². The Morgan fingerprint density at radius 1 is 1.39 bits per heavy atom. The number of carbonyl (C=O) groups is 2. The number of methoxy groups -OCH3 is 2. The summed E-state index contributed by atoms with van der Waals surface area (Å²) in [4.78, 5) is 28.0. The maximum Gasteiger partial charge on any atom is 0.252 e. The predicted octanol–water partition coefficient (Wildman–Crippen LogP) is 0.817. The zero-order valence-corrected chi connectivity index (χ0v) is 12.6. The van der Waals surface area contributed by atoms with Gasteiger partial charge in [-0.1, -0.05) is 0 Å². The molecule has 1 aromatic heterocycles. The maximum absolute atomic E-state index is 12.2. The molecule has 0 spiro atoms. The maximum atomic E-state index is 12.2. The molecular weight excluding hydrogens is 302 g/mol. The number of rotatable bonds is 5. The second-order valence-electron chi connectivity index (χ2n) is 4.85. The Morgan fingerprint density at radius 3 is 2.96 bits per heavy atom. The van der Waals surface area contributed by atoms with E-state index in [-0.39, 0.29) is 18.2 Å². The molecule has 1 aliphatic heterocycles. The van der Waals surface area contributed by atoms with E-state index in [9.17, 15) is 9.59 Å². The summed E-state index contributed by atoms with van der Waals surface area (Å²) in [6, 6.07) is 4.32. The van der Waals surface area contributed by atoms with Gasteiger partial charge in [-0.3, -0.25) is 14.9 Å². The van der Waals surface area contributed by atoms with Crippen molar-refractivity contribution in [2.24, 2.45) is 0 Å². The molecular formula is C14H15N5O4. The number of ether oxygens (including phenoxy) is 2. The van der Waals surface area contributed by atoms with Crippen LogP contribution < -0.4 is 20.1 Å². The second kappa shape index (κ2) is 5.95. The Balaban J connectivity index is 1.72. The molecule has 2 N–H and O–H groups in total. The van der Waals surface area contributed by atoms with Crippen LogP contribution in [-0.4, -0.2) is 40.8 Å². The summed E-state index contributed by atoms with van der Waals surface area (Å²) in [6.45, 7) is 0. The zero-order chi connectivity index (χ0) is 16.4. The quantitative estimate of drug-likeness (QED) is 0.845. The topological polar surface area (TPSA) is 107 Å². The van der Waals surface area contributed by atoms with Crippen LogP contribution in [0.5, 0.6) is 11.5 Å². The van der Waals surface area contributed by atoms with E-state index in [2.05, 4.69) is 20.7 Å². The van der Waals surface area contributed by atoms with Crippen molar-refractivity contribution in [3.05, 3.63) is 24.5 Å².